The molecule has 4 rings (SSSR count). The summed E-state index contributed by atoms with van der Waals surface area (Å²) in [6, 6.07) is 19.6. The van der Waals surface area contributed by atoms with Crippen LogP contribution in [0.2, 0.25) is 10.0 Å². The predicted molar refractivity (Wildman–Crippen MR) is 140 cm³/mol. The van der Waals surface area contributed by atoms with Crippen molar-refractivity contribution in [3.8, 4) is 5.69 Å². The van der Waals surface area contributed by atoms with E-state index in [-0.39, 0.29) is 12.2 Å². The van der Waals surface area contributed by atoms with E-state index in [0.29, 0.717) is 27.7 Å². The van der Waals surface area contributed by atoms with Crippen LogP contribution in [-0.2, 0) is 22.4 Å². The van der Waals surface area contributed by atoms with Crippen molar-refractivity contribution in [2.24, 2.45) is 0 Å². The van der Waals surface area contributed by atoms with Gasteiger partial charge in [0.25, 0.3) is 0 Å². The van der Waals surface area contributed by atoms with Crippen molar-refractivity contribution < 1.29 is 9.59 Å². The first-order valence-corrected chi connectivity index (χ1v) is 12.0. The van der Waals surface area contributed by atoms with Crippen LogP contribution < -0.4 is 5.32 Å². The summed E-state index contributed by atoms with van der Waals surface area (Å²) in [6.45, 7) is 1.91. The second-order valence-corrected chi connectivity index (χ2v) is 9.11. The second-order valence-electron chi connectivity index (χ2n) is 8.27. The number of carbonyl (C=O) groups excluding carboxylic acids is 2. The lowest BCUT2D eigenvalue weighted by molar-refractivity contribution is -0.125. The van der Waals surface area contributed by atoms with Crippen molar-refractivity contribution in [2.75, 3.05) is 0 Å². The monoisotopic (exact) mass is 519 g/mol. The first kappa shape index (κ1) is 25.3. The third-order valence-corrected chi connectivity index (χ3v) is 6.24. The zero-order valence-corrected chi connectivity index (χ0v) is 20.9. The normalized spacial score (nSPS) is 12.0. The first-order valence-electron chi connectivity index (χ1n) is 11.2. The van der Waals surface area contributed by atoms with Crippen molar-refractivity contribution in [3.05, 3.63) is 111 Å². The molecule has 0 spiro atoms. The summed E-state index contributed by atoms with van der Waals surface area (Å²) in [5, 5.41) is 15.2. The maximum Gasteiger partial charge on any atom is 0.244 e. The minimum atomic E-state index is -0.719. The van der Waals surface area contributed by atoms with Crippen LogP contribution in [0.4, 0.5) is 0 Å². The third kappa shape index (κ3) is 6.65. The number of amides is 1. The molecule has 0 saturated carbocycles. The molecule has 0 fully saturated rings. The van der Waals surface area contributed by atoms with Gasteiger partial charge in [0.05, 0.1) is 11.7 Å². The van der Waals surface area contributed by atoms with E-state index in [0.717, 1.165) is 16.7 Å². The van der Waals surface area contributed by atoms with Crippen molar-refractivity contribution in [1.29, 1.82) is 0 Å². The van der Waals surface area contributed by atoms with E-state index < -0.39 is 11.9 Å². The van der Waals surface area contributed by atoms with Gasteiger partial charge in [0.15, 0.2) is 5.78 Å². The highest BCUT2D eigenvalue weighted by Crippen LogP contribution is 2.21. The van der Waals surface area contributed by atoms with Crippen molar-refractivity contribution in [1.82, 2.24) is 25.5 Å². The number of rotatable bonds is 9. The number of Topliss-reactive ketones (excluding diaryl/α,β-unsaturated/α-hetero) is 1. The molecule has 1 aromatic heterocycles. The molecular formula is C27H23Cl2N5O2. The lowest BCUT2D eigenvalue weighted by Gasteiger charge is -2.17. The molecule has 1 atom stereocenters. The highest BCUT2D eigenvalue weighted by Gasteiger charge is 2.21. The molecule has 0 unspecified atom stereocenters. The fraction of sp³-hybridized carbons (Fsp3) is 0.148. The highest BCUT2D eigenvalue weighted by molar-refractivity contribution is 6.31. The second kappa shape index (κ2) is 11.7. The Hall–Kier alpha value is -3.81. The molecule has 1 amide bonds. The summed E-state index contributed by atoms with van der Waals surface area (Å²) in [7, 11) is 0. The molecule has 0 aliphatic carbocycles. The van der Waals surface area contributed by atoms with Crippen LogP contribution in [0.1, 0.15) is 22.3 Å². The van der Waals surface area contributed by atoms with Crippen molar-refractivity contribution >= 4 is 41.0 Å². The van der Waals surface area contributed by atoms with Gasteiger partial charge in [-0.2, -0.15) is 4.68 Å². The Morgan fingerprint density at radius 3 is 2.56 bits per heavy atom. The largest absolute Gasteiger partial charge is 0.342 e. The molecular weight excluding hydrogens is 497 g/mol. The molecule has 0 saturated heterocycles. The topological polar surface area (TPSA) is 89.8 Å². The molecule has 0 aliphatic rings. The average molecular weight is 520 g/mol. The number of hydrogen-bond acceptors (Lipinski definition) is 5. The van der Waals surface area contributed by atoms with E-state index in [9.17, 15) is 9.59 Å². The maximum absolute atomic E-state index is 13.3. The number of nitrogens with zero attached hydrogens (tertiary/aromatic N) is 4. The highest BCUT2D eigenvalue weighted by atomic mass is 35.5. The van der Waals surface area contributed by atoms with Gasteiger partial charge < -0.3 is 5.32 Å². The van der Waals surface area contributed by atoms with Gasteiger partial charge in [0, 0.05) is 28.1 Å². The summed E-state index contributed by atoms with van der Waals surface area (Å²) in [6.07, 6.45) is 4.95. The smallest absolute Gasteiger partial charge is 0.244 e. The number of nitrogens with one attached hydrogen (secondary N) is 1. The lowest BCUT2D eigenvalue weighted by atomic mass is 9.97. The van der Waals surface area contributed by atoms with Gasteiger partial charge in [-0.1, -0.05) is 65.7 Å². The molecule has 7 nitrogen and oxygen atoms in total. The first-order chi connectivity index (χ1) is 17.4. The predicted octanol–water partition coefficient (Wildman–Crippen LogP) is 4.83. The minimum Gasteiger partial charge on any atom is -0.342 e. The number of carbonyl (C=O) groups is 2. The van der Waals surface area contributed by atoms with Crippen LogP contribution in [0.5, 0.6) is 0 Å². The molecule has 3 aromatic carbocycles. The summed E-state index contributed by atoms with van der Waals surface area (Å²) < 4.78 is 1.47. The Balaban J connectivity index is 1.53. The van der Waals surface area contributed by atoms with Crippen LogP contribution in [0.15, 0.2) is 79.1 Å². The lowest BCUT2D eigenvalue weighted by Crippen LogP contribution is -2.42. The standard InChI is InChI=1S/C27H23Cl2N5O2/c1-18-7-8-20(13-23(18)29)15-26(35)24(14-19-5-3-2-4-6-19)31-27(36)12-9-21-16-22(28)10-11-25(21)34-17-30-32-33-34/h2-13,16-17,24H,14-15H2,1H3,(H,31,36)/b12-9+/t24-/m0/s1. The zero-order valence-electron chi connectivity index (χ0n) is 19.4. The summed E-state index contributed by atoms with van der Waals surface area (Å²) in [5.74, 6) is -0.522. The van der Waals surface area contributed by atoms with E-state index in [4.69, 9.17) is 23.2 Å². The van der Waals surface area contributed by atoms with E-state index in [1.807, 2.05) is 49.4 Å². The number of tetrazole rings is 1. The van der Waals surface area contributed by atoms with E-state index in [1.165, 1.54) is 17.1 Å². The molecule has 182 valence electrons. The molecule has 4 aromatic rings. The molecule has 9 heteroatoms. The Bertz CT molecular complexity index is 1390. The SMILES string of the molecule is Cc1ccc(CC(=O)[C@H](Cc2ccccc2)NC(=O)/C=C/c2cc(Cl)ccc2-n2cnnn2)cc1Cl. The van der Waals surface area contributed by atoms with Crippen LogP contribution in [0.25, 0.3) is 11.8 Å². The van der Waals surface area contributed by atoms with Gasteiger partial charge in [0.1, 0.15) is 6.33 Å². The summed E-state index contributed by atoms with van der Waals surface area (Å²) in [5.41, 5.74) is 3.97. The minimum absolute atomic E-state index is 0.113. The number of benzene rings is 3. The third-order valence-electron chi connectivity index (χ3n) is 5.60. The molecule has 0 aliphatic heterocycles. The van der Waals surface area contributed by atoms with Gasteiger partial charge in [-0.3, -0.25) is 9.59 Å². The van der Waals surface area contributed by atoms with Gasteiger partial charge in [-0.05, 0) is 70.8 Å². The fourth-order valence-corrected chi connectivity index (χ4v) is 4.07. The van der Waals surface area contributed by atoms with Crippen molar-refractivity contribution in [2.45, 2.75) is 25.8 Å². The number of aromatic nitrogens is 4. The van der Waals surface area contributed by atoms with Crippen LogP contribution >= 0.6 is 23.2 Å². The molecule has 0 bridgehead atoms. The molecule has 1 heterocycles. The van der Waals surface area contributed by atoms with E-state index in [2.05, 4.69) is 20.8 Å². The summed E-state index contributed by atoms with van der Waals surface area (Å²) in [4.78, 5) is 26.2. The number of aryl methyl sites for hydroxylation is 1. The van der Waals surface area contributed by atoms with Gasteiger partial charge in [-0.25, -0.2) is 0 Å². The maximum atomic E-state index is 13.3. The Kier molecular flexibility index (Phi) is 8.25. The summed E-state index contributed by atoms with van der Waals surface area (Å²) >= 11 is 12.4. The van der Waals surface area contributed by atoms with Gasteiger partial charge in [0.2, 0.25) is 5.91 Å². The van der Waals surface area contributed by atoms with Crippen LogP contribution in [0.3, 0.4) is 0 Å². The van der Waals surface area contributed by atoms with Gasteiger partial charge in [-0.15, -0.1) is 5.10 Å². The quantitative estimate of drug-likeness (QED) is 0.320. The molecule has 1 N–H and O–H groups in total. The van der Waals surface area contributed by atoms with E-state index >= 15 is 0 Å². The van der Waals surface area contributed by atoms with Crippen LogP contribution in [-0.4, -0.2) is 37.9 Å². The van der Waals surface area contributed by atoms with Crippen LogP contribution in [0, 0.1) is 6.92 Å². The van der Waals surface area contributed by atoms with E-state index in [1.54, 1.807) is 30.3 Å². The Morgan fingerprint density at radius 1 is 1.03 bits per heavy atom. The molecule has 36 heavy (non-hydrogen) atoms. The van der Waals surface area contributed by atoms with Crippen molar-refractivity contribution in [3.63, 3.8) is 0 Å². The Morgan fingerprint density at radius 2 is 1.83 bits per heavy atom. The number of hydrogen-bond donors (Lipinski definition) is 1. The van der Waals surface area contributed by atoms with Gasteiger partial charge >= 0.3 is 0 Å². The zero-order chi connectivity index (χ0) is 25.5. The Labute approximate surface area is 218 Å². The number of ketones is 1. The molecule has 0 radical (unpaired) electrons. The number of halogens is 2. The average Bonchev–Trinajstić information content (AvgIpc) is 3.40. The fourth-order valence-electron chi connectivity index (χ4n) is 3.69.